The summed E-state index contributed by atoms with van der Waals surface area (Å²) in [6.45, 7) is 2.06. The number of hydrogen-bond donors (Lipinski definition) is 4. The third kappa shape index (κ3) is 10.7. The molecule has 0 saturated carbocycles. The number of carbonyl (C=O) groups excluding carboxylic acids is 1. The fourth-order valence-corrected chi connectivity index (χ4v) is 4.20. The molecule has 0 radical (unpaired) electrons. The quantitative estimate of drug-likeness (QED) is 0.120. The lowest BCUT2D eigenvalue weighted by Crippen LogP contribution is -2.32. The highest BCUT2D eigenvalue weighted by atomic mass is 16.3. The standard InChI is InChI=1S/C30H41N7O3/c1-35(17-7-4-10-29(39)23-38)30(40)18-24-11-13-28(14-12-24)37(32)20-25(31)19-36(21-26-8-2-5-15-33-26)22-27-9-3-6-16-34-27/h2-3,5-6,8-9,11-16,20,29,38-39H,4,7,10,17-19,21-23,31-32H2,1H3/b25-20-/t29-/m0/s1. The highest BCUT2D eigenvalue weighted by molar-refractivity contribution is 5.78. The molecule has 1 aromatic carbocycles. The van der Waals surface area contributed by atoms with E-state index in [9.17, 15) is 9.90 Å². The molecule has 2 heterocycles. The zero-order valence-electron chi connectivity index (χ0n) is 23.1. The van der Waals surface area contributed by atoms with Gasteiger partial charge in [0, 0.05) is 57.5 Å². The molecule has 3 aromatic rings. The summed E-state index contributed by atoms with van der Waals surface area (Å²) >= 11 is 0. The van der Waals surface area contributed by atoms with E-state index in [2.05, 4.69) is 14.9 Å². The summed E-state index contributed by atoms with van der Waals surface area (Å²) < 4.78 is 0. The van der Waals surface area contributed by atoms with Gasteiger partial charge in [-0.2, -0.15) is 0 Å². The fourth-order valence-electron chi connectivity index (χ4n) is 4.20. The topological polar surface area (TPSA) is 145 Å². The summed E-state index contributed by atoms with van der Waals surface area (Å²) in [6.07, 6.45) is 6.90. The van der Waals surface area contributed by atoms with Crippen LogP contribution >= 0.6 is 0 Å². The summed E-state index contributed by atoms with van der Waals surface area (Å²) in [5.41, 5.74) is 10.5. The average molecular weight is 548 g/mol. The average Bonchev–Trinajstić information content (AvgIpc) is 2.96. The van der Waals surface area contributed by atoms with Crippen molar-refractivity contribution in [2.24, 2.45) is 11.6 Å². The number of benzene rings is 1. The molecular formula is C30H41N7O3. The van der Waals surface area contributed by atoms with E-state index in [1.54, 1.807) is 30.5 Å². The van der Waals surface area contributed by atoms with Crippen LogP contribution in [0.3, 0.4) is 0 Å². The maximum absolute atomic E-state index is 12.6. The number of carbonyl (C=O) groups is 1. The number of rotatable bonds is 16. The third-order valence-corrected chi connectivity index (χ3v) is 6.44. The summed E-state index contributed by atoms with van der Waals surface area (Å²) in [7, 11) is 1.78. The molecule has 0 unspecified atom stereocenters. The van der Waals surface area contributed by atoms with Crippen molar-refractivity contribution in [1.29, 1.82) is 0 Å². The van der Waals surface area contributed by atoms with E-state index in [0.29, 0.717) is 38.3 Å². The lowest BCUT2D eigenvalue weighted by molar-refractivity contribution is -0.129. The van der Waals surface area contributed by atoms with Gasteiger partial charge >= 0.3 is 0 Å². The number of aliphatic hydroxyl groups is 2. The molecule has 1 amide bonds. The van der Waals surface area contributed by atoms with Gasteiger partial charge in [0.2, 0.25) is 5.91 Å². The van der Waals surface area contributed by atoms with Crippen LogP contribution in [0.5, 0.6) is 0 Å². The molecule has 214 valence electrons. The molecule has 2 aromatic heterocycles. The van der Waals surface area contributed by atoms with E-state index in [0.717, 1.165) is 35.5 Å². The van der Waals surface area contributed by atoms with Crippen molar-refractivity contribution in [3.63, 3.8) is 0 Å². The molecule has 40 heavy (non-hydrogen) atoms. The summed E-state index contributed by atoms with van der Waals surface area (Å²) in [5.74, 6) is 6.32. The van der Waals surface area contributed by atoms with Crippen LogP contribution in [-0.2, 0) is 24.3 Å². The Bertz CT molecular complexity index is 1140. The molecule has 0 aliphatic rings. The van der Waals surface area contributed by atoms with Gasteiger partial charge in [-0.05, 0) is 61.2 Å². The number of likely N-dealkylation sites (N-methyl/N-ethyl adjacent to an activating group) is 1. The van der Waals surface area contributed by atoms with E-state index in [4.69, 9.17) is 16.7 Å². The largest absolute Gasteiger partial charge is 0.400 e. The monoisotopic (exact) mass is 547 g/mol. The SMILES string of the molecule is CN(CCCC[C@H](O)CO)C(=O)Cc1ccc(N(N)/C=C(\N)CN(Cc2ccccn2)Cc2ccccn2)cc1. The van der Waals surface area contributed by atoms with E-state index < -0.39 is 6.10 Å². The Morgan fingerprint density at radius 3 is 2.15 bits per heavy atom. The Kier molecular flexibility index (Phi) is 12.5. The molecule has 0 bridgehead atoms. The zero-order valence-corrected chi connectivity index (χ0v) is 23.1. The number of unbranched alkanes of at least 4 members (excludes halogenated alkanes) is 1. The normalized spacial score (nSPS) is 12.4. The van der Waals surface area contributed by atoms with Crippen LogP contribution in [0.2, 0.25) is 0 Å². The van der Waals surface area contributed by atoms with Crippen LogP contribution < -0.4 is 16.6 Å². The Labute approximate surface area is 236 Å². The van der Waals surface area contributed by atoms with Crippen molar-refractivity contribution in [1.82, 2.24) is 19.8 Å². The van der Waals surface area contributed by atoms with E-state index in [-0.39, 0.29) is 18.9 Å². The summed E-state index contributed by atoms with van der Waals surface area (Å²) in [6, 6.07) is 19.2. The van der Waals surface area contributed by atoms with Gasteiger partial charge in [-0.3, -0.25) is 24.7 Å². The first kappa shape index (κ1) is 30.7. The summed E-state index contributed by atoms with van der Waals surface area (Å²) in [4.78, 5) is 25.3. The van der Waals surface area contributed by atoms with Gasteiger partial charge in [-0.1, -0.05) is 24.3 Å². The van der Waals surface area contributed by atoms with Crippen LogP contribution in [0.25, 0.3) is 0 Å². The lowest BCUT2D eigenvalue weighted by atomic mass is 10.1. The lowest BCUT2D eigenvalue weighted by Gasteiger charge is -2.23. The predicted molar refractivity (Wildman–Crippen MR) is 156 cm³/mol. The van der Waals surface area contributed by atoms with Crippen molar-refractivity contribution in [2.45, 2.75) is 44.9 Å². The van der Waals surface area contributed by atoms with Crippen molar-refractivity contribution >= 4 is 11.6 Å². The Morgan fingerprint density at radius 2 is 1.60 bits per heavy atom. The molecule has 0 aliphatic carbocycles. The second-order valence-corrected chi connectivity index (χ2v) is 9.89. The van der Waals surface area contributed by atoms with Crippen LogP contribution in [0.1, 0.15) is 36.2 Å². The molecule has 3 rings (SSSR count). The Morgan fingerprint density at radius 1 is 0.975 bits per heavy atom. The van der Waals surface area contributed by atoms with Gasteiger partial charge < -0.3 is 20.8 Å². The van der Waals surface area contributed by atoms with E-state index in [1.807, 2.05) is 60.7 Å². The second kappa shape index (κ2) is 16.3. The van der Waals surface area contributed by atoms with Crippen molar-refractivity contribution in [3.05, 3.63) is 102 Å². The molecule has 10 nitrogen and oxygen atoms in total. The minimum atomic E-state index is -0.691. The van der Waals surface area contributed by atoms with Crippen LogP contribution in [0.15, 0.2) is 85.0 Å². The molecule has 6 N–H and O–H groups in total. The molecular weight excluding hydrogens is 506 g/mol. The number of hydrogen-bond acceptors (Lipinski definition) is 9. The first-order chi connectivity index (χ1) is 19.3. The maximum atomic E-state index is 12.6. The highest BCUT2D eigenvalue weighted by Crippen LogP contribution is 2.15. The van der Waals surface area contributed by atoms with Gasteiger partial charge in [0.25, 0.3) is 0 Å². The number of hydrazine groups is 1. The molecule has 0 saturated heterocycles. The molecule has 1 atom stereocenters. The van der Waals surface area contributed by atoms with E-state index >= 15 is 0 Å². The van der Waals surface area contributed by atoms with Crippen LogP contribution in [0, 0.1) is 0 Å². The highest BCUT2D eigenvalue weighted by Gasteiger charge is 2.13. The number of nitrogens with zero attached hydrogens (tertiary/aromatic N) is 5. The Hall–Kier alpha value is -3.83. The van der Waals surface area contributed by atoms with Crippen LogP contribution in [0.4, 0.5) is 5.69 Å². The van der Waals surface area contributed by atoms with Gasteiger partial charge in [0.15, 0.2) is 0 Å². The Balaban J connectivity index is 1.54. The minimum Gasteiger partial charge on any atom is -0.400 e. The number of nitrogens with two attached hydrogens (primary N) is 2. The number of pyridine rings is 2. The maximum Gasteiger partial charge on any atom is 0.226 e. The zero-order chi connectivity index (χ0) is 28.7. The van der Waals surface area contributed by atoms with Crippen molar-refractivity contribution < 1.29 is 15.0 Å². The molecule has 0 spiro atoms. The smallest absolute Gasteiger partial charge is 0.226 e. The number of aromatic nitrogens is 2. The number of anilines is 1. The predicted octanol–water partition coefficient (Wildman–Crippen LogP) is 2.18. The number of amides is 1. The first-order valence-electron chi connectivity index (χ1n) is 13.5. The molecule has 0 aliphatic heterocycles. The second-order valence-electron chi connectivity index (χ2n) is 9.89. The van der Waals surface area contributed by atoms with Gasteiger partial charge in [-0.15, -0.1) is 0 Å². The van der Waals surface area contributed by atoms with Crippen LogP contribution in [-0.4, -0.2) is 68.7 Å². The first-order valence-corrected chi connectivity index (χ1v) is 13.5. The molecule has 0 fully saturated rings. The molecule has 10 heteroatoms. The van der Waals surface area contributed by atoms with Gasteiger partial charge in [0.1, 0.15) is 0 Å². The summed E-state index contributed by atoms with van der Waals surface area (Å²) in [5, 5.41) is 19.8. The fraction of sp³-hybridized carbons (Fsp3) is 0.367. The van der Waals surface area contributed by atoms with Gasteiger partial charge in [-0.25, -0.2) is 5.84 Å². The third-order valence-electron chi connectivity index (χ3n) is 6.44. The van der Waals surface area contributed by atoms with E-state index in [1.165, 1.54) is 5.01 Å². The number of aliphatic hydroxyl groups excluding tert-OH is 2. The van der Waals surface area contributed by atoms with Crippen molar-refractivity contribution in [2.75, 3.05) is 31.8 Å². The van der Waals surface area contributed by atoms with Gasteiger partial charge in [0.05, 0.1) is 36.2 Å². The minimum absolute atomic E-state index is 0.0186. The van der Waals surface area contributed by atoms with Crippen molar-refractivity contribution in [3.8, 4) is 0 Å².